The summed E-state index contributed by atoms with van der Waals surface area (Å²) in [5, 5.41) is 4.20. The van der Waals surface area contributed by atoms with Gasteiger partial charge in [-0.2, -0.15) is 0 Å². The maximum absolute atomic E-state index is 12.1. The van der Waals surface area contributed by atoms with Crippen LogP contribution in [0.1, 0.15) is 39.0 Å². The van der Waals surface area contributed by atoms with Crippen molar-refractivity contribution in [2.24, 2.45) is 0 Å². The van der Waals surface area contributed by atoms with Gasteiger partial charge in [0.05, 0.1) is 12.7 Å². The highest BCUT2D eigenvalue weighted by atomic mass is 16.5. The Bertz CT molecular complexity index is 649. The Morgan fingerprint density at radius 2 is 1.74 bits per heavy atom. The molecular weight excluding hydrogens is 306 g/mol. The van der Waals surface area contributed by atoms with E-state index in [0.29, 0.717) is 11.3 Å². The molecule has 1 rings (SSSR count). The molecule has 1 heterocycles. The number of esters is 2. The van der Waals surface area contributed by atoms with Crippen molar-refractivity contribution in [1.29, 1.82) is 0 Å². The van der Waals surface area contributed by atoms with Gasteiger partial charge in [-0.3, -0.25) is 10.1 Å². The third kappa shape index (κ3) is 4.09. The van der Waals surface area contributed by atoms with E-state index in [1.54, 1.807) is 13.8 Å². The van der Waals surface area contributed by atoms with E-state index in [1.807, 2.05) is 5.32 Å². The predicted octanol–water partition coefficient (Wildman–Crippen LogP) is 0.419. The fraction of sp³-hybridized carbons (Fsp3) is 0.429. The van der Waals surface area contributed by atoms with Crippen LogP contribution in [0, 0.1) is 13.8 Å². The molecule has 0 aromatic carbocycles. The Hall–Kier alpha value is -2.84. The topological polar surface area (TPSA) is 127 Å². The summed E-state index contributed by atoms with van der Waals surface area (Å²) in [5.74, 6) is -2.17. The number of methoxy groups -OCH3 is 1. The van der Waals surface area contributed by atoms with Crippen molar-refractivity contribution in [3.63, 3.8) is 0 Å². The number of imide groups is 1. The van der Waals surface area contributed by atoms with Gasteiger partial charge in [0.15, 0.2) is 6.10 Å². The highest BCUT2D eigenvalue weighted by Gasteiger charge is 2.26. The van der Waals surface area contributed by atoms with Gasteiger partial charge >= 0.3 is 18.0 Å². The molecular formula is C14H19N3O6. The van der Waals surface area contributed by atoms with Gasteiger partial charge in [-0.1, -0.05) is 0 Å². The van der Waals surface area contributed by atoms with Gasteiger partial charge in [-0.05, 0) is 26.3 Å². The molecule has 0 aliphatic carbocycles. The average Bonchev–Trinajstić information content (AvgIpc) is 2.81. The second kappa shape index (κ2) is 7.43. The number of rotatable bonds is 4. The largest absolute Gasteiger partial charge is 0.465 e. The molecule has 3 amide bonds. The number of aryl methyl sites for hydroxylation is 1. The van der Waals surface area contributed by atoms with Crippen LogP contribution in [-0.4, -0.2) is 49.1 Å². The molecule has 1 aromatic heterocycles. The van der Waals surface area contributed by atoms with Crippen molar-refractivity contribution < 1.29 is 28.7 Å². The Balaban J connectivity index is 2.89. The minimum atomic E-state index is -1.19. The Morgan fingerprint density at radius 3 is 2.26 bits per heavy atom. The van der Waals surface area contributed by atoms with E-state index >= 15 is 0 Å². The van der Waals surface area contributed by atoms with Crippen LogP contribution in [0.2, 0.25) is 0 Å². The smallest absolute Gasteiger partial charge is 0.355 e. The van der Waals surface area contributed by atoms with Gasteiger partial charge in [0.25, 0.3) is 5.91 Å². The maximum Gasteiger partial charge on any atom is 0.355 e. The first kappa shape index (κ1) is 18.2. The molecule has 0 spiro atoms. The number of amides is 3. The van der Waals surface area contributed by atoms with E-state index in [0.717, 1.165) is 0 Å². The van der Waals surface area contributed by atoms with E-state index in [9.17, 15) is 19.2 Å². The molecule has 23 heavy (non-hydrogen) atoms. The molecule has 9 heteroatoms. The van der Waals surface area contributed by atoms with Crippen molar-refractivity contribution in [3.8, 4) is 0 Å². The van der Waals surface area contributed by atoms with Crippen LogP contribution < -0.4 is 10.6 Å². The van der Waals surface area contributed by atoms with Crippen molar-refractivity contribution in [1.82, 2.24) is 15.6 Å². The lowest BCUT2D eigenvalue weighted by atomic mass is 10.1. The fourth-order valence-electron chi connectivity index (χ4n) is 1.91. The summed E-state index contributed by atoms with van der Waals surface area (Å²) in [6.45, 7) is 4.49. The van der Waals surface area contributed by atoms with Gasteiger partial charge in [0.1, 0.15) is 5.69 Å². The van der Waals surface area contributed by atoms with Crippen LogP contribution in [0.25, 0.3) is 0 Å². The zero-order valence-corrected chi connectivity index (χ0v) is 13.5. The number of H-pyrrole nitrogens is 1. The third-order valence-electron chi connectivity index (χ3n) is 3.15. The molecule has 1 atom stereocenters. The first-order valence-corrected chi connectivity index (χ1v) is 6.73. The zero-order valence-electron chi connectivity index (χ0n) is 13.5. The highest BCUT2D eigenvalue weighted by Crippen LogP contribution is 2.20. The number of carbonyl (C=O) groups is 4. The van der Waals surface area contributed by atoms with Crippen LogP contribution >= 0.6 is 0 Å². The minimum absolute atomic E-state index is 0.0440. The van der Waals surface area contributed by atoms with Crippen molar-refractivity contribution in [2.75, 3.05) is 14.2 Å². The Morgan fingerprint density at radius 1 is 1.13 bits per heavy atom. The standard InChI is InChI=1S/C14H19N3O6/c1-6-9(12(19)22-5)7(2)16-10(6)13(20)23-8(3)11(18)17-14(21)15-4/h8,16H,1-5H3,(H2,15,17,18,21)/t8-/m1/s1. The highest BCUT2D eigenvalue weighted by molar-refractivity contribution is 6.00. The lowest BCUT2D eigenvalue weighted by molar-refractivity contribution is -0.127. The average molecular weight is 325 g/mol. The number of hydrogen-bond acceptors (Lipinski definition) is 6. The molecule has 0 fully saturated rings. The van der Waals surface area contributed by atoms with E-state index in [2.05, 4.69) is 15.0 Å². The molecule has 0 aliphatic heterocycles. The fourth-order valence-corrected chi connectivity index (χ4v) is 1.91. The SMILES string of the molecule is CNC(=O)NC(=O)[C@@H](C)OC(=O)c1[nH]c(C)c(C(=O)OC)c1C. The van der Waals surface area contributed by atoms with Crippen molar-refractivity contribution >= 4 is 23.9 Å². The van der Waals surface area contributed by atoms with Gasteiger partial charge < -0.3 is 19.8 Å². The molecule has 1 aromatic rings. The number of urea groups is 1. The normalized spacial score (nSPS) is 11.3. The number of aromatic nitrogens is 1. The summed E-state index contributed by atoms with van der Waals surface area (Å²) in [5.41, 5.74) is 1.09. The quantitative estimate of drug-likeness (QED) is 0.689. The number of carbonyl (C=O) groups excluding carboxylic acids is 4. The van der Waals surface area contributed by atoms with Gasteiger partial charge in [0, 0.05) is 12.7 Å². The van der Waals surface area contributed by atoms with Crippen LogP contribution in [0.4, 0.5) is 4.79 Å². The lowest BCUT2D eigenvalue weighted by Gasteiger charge is -2.12. The zero-order chi connectivity index (χ0) is 17.7. The minimum Gasteiger partial charge on any atom is -0.465 e. The summed E-state index contributed by atoms with van der Waals surface area (Å²) in [6.07, 6.45) is -1.19. The summed E-state index contributed by atoms with van der Waals surface area (Å²) < 4.78 is 9.64. The molecule has 0 radical (unpaired) electrons. The van der Waals surface area contributed by atoms with Gasteiger partial charge in [-0.25, -0.2) is 14.4 Å². The lowest BCUT2D eigenvalue weighted by Crippen LogP contribution is -2.43. The van der Waals surface area contributed by atoms with E-state index in [1.165, 1.54) is 21.1 Å². The number of ether oxygens (including phenoxy) is 2. The second-order valence-electron chi connectivity index (χ2n) is 4.73. The van der Waals surface area contributed by atoms with Crippen LogP contribution in [0.3, 0.4) is 0 Å². The van der Waals surface area contributed by atoms with E-state index < -0.39 is 30.0 Å². The third-order valence-corrected chi connectivity index (χ3v) is 3.15. The molecule has 9 nitrogen and oxygen atoms in total. The van der Waals surface area contributed by atoms with E-state index in [4.69, 9.17) is 4.74 Å². The molecule has 0 unspecified atom stereocenters. The van der Waals surface area contributed by atoms with Crippen molar-refractivity contribution in [3.05, 3.63) is 22.5 Å². The monoisotopic (exact) mass is 325 g/mol. The first-order valence-electron chi connectivity index (χ1n) is 6.73. The Kier molecular flexibility index (Phi) is 5.88. The van der Waals surface area contributed by atoms with Gasteiger partial charge in [-0.15, -0.1) is 0 Å². The molecule has 0 bridgehead atoms. The summed E-state index contributed by atoms with van der Waals surface area (Å²) in [6, 6.07) is -0.710. The van der Waals surface area contributed by atoms with Gasteiger partial charge in [0.2, 0.25) is 0 Å². The first-order chi connectivity index (χ1) is 10.7. The van der Waals surface area contributed by atoms with E-state index in [-0.39, 0.29) is 11.3 Å². The molecule has 126 valence electrons. The number of hydrogen-bond donors (Lipinski definition) is 3. The summed E-state index contributed by atoms with van der Waals surface area (Å²) >= 11 is 0. The second-order valence-corrected chi connectivity index (χ2v) is 4.73. The van der Waals surface area contributed by atoms with Crippen molar-refractivity contribution in [2.45, 2.75) is 26.9 Å². The number of nitrogens with one attached hydrogen (secondary N) is 3. The molecule has 0 saturated carbocycles. The van der Waals surface area contributed by atoms with Crippen LogP contribution in [-0.2, 0) is 14.3 Å². The molecule has 0 aliphatic rings. The molecule has 3 N–H and O–H groups in total. The van der Waals surface area contributed by atoms with Crippen LogP contribution in [0.15, 0.2) is 0 Å². The Labute approximate surface area is 132 Å². The maximum atomic E-state index is 12.1. The van der Waals surface area contributed by atoms with Crippen LogP contribution in [0.5, 0.6) is 0 Å². The number of aromatic amines is 1. The predicted molar refractivity (Wildman–Crippen MR) is 79.1 cm³/mol. The summed E-state index contributed by atoms with van der Waals surface area (Å²) in [7, 11) is 2.58. The molecule has 0 saturated heterocycles. The summed E-state index contributed by atoms with van der Waals surface area (Å²) in [4.78, 5) is 49.2.